The molecule has 1 saturated heterocycles. The number of benzene rings is 3. The van der Waals surface area contributed by atoms with Crippen LogP contribution in [0, 0.1) is 0 Å². The van der Waals surface area contributed by atoms with Crippen molar-refractivity contribution in [3.63, 3.8) is 0 Å². The summed E-state index contributed by atoms with van der Waals surface area (Å²) in [5, 5.41) is 6.36. The molecule has 0 radical (unpaired) electrons. The molecule has 0 bridgehead atoms. The van der Waals surface area contributed by atoms with Crippen LogP contribution in [0.25, 0.3) is 11.3 Å². The largest absolute Gasteiger partial charge is 0.486 e. The number of amides is 2. The number of anilines is 3. The Hall–Kier alpha value is -4.87. The summed E-state index contributed by atoms with van der Waals surface area (Å²) in [6.45, 7) is 6.92. The van der Waals surface area contributed by atoms with Gasteiger partial charge in [-0.3, -0.25) is 14.5 Å². The maximum atomic E-state index is 13.5. The second kappa shape index (κ2) is 13.0. The van der Waals surface area contributed by atoms with Crippen LogP contribution in [0.1, 0.15) is 28.4 Å². The average Bonchev–Trinajstić information content (AvgIpc) is 3.39. The first-order chi connectivity index (χ1) is 21.8. The zero-order valence-corrected chi connectivity index (χ0v) is 25.7. The lowest BCUT2D eigenvalue weighted by atomic mass is 9.98. The molecular formula is C34H37N5O6. The van der Waals surface area contributed by atoms with Crippen molar-refractivity contribution < 1.29 is 28.6 Å². The third-order valence-corrected chi connectivity index (χ3v) is 8.21. The number of fused-ring (bicyclic) bond motifs is 2. The van der Waals surface area contributed by atoms with Crippen molar-refractivity contribution in [2.24, 2.45) is 0 Å². The highest BCUT2D eigenvalue weighted by Crippen LogP contribution is 2.40. The molecule has 3 aromatic carbocycles. The van der Waals surface area contributed by atoms with Crippen molar-refractivity contribution in [2.45, 2.75) is 6.92 Å². The molecule has 2 amide bonds. The number of hydrogen-bond acceptors (Lipinski definition) is 9. The first kappa shape index (κ1) is 30.2. The van der Waals surface area contributed by atoms with Gasteiger partial charge in [0.15, 0.2) is 11.5 Å². The van der Waals surface area contributed by atoms with Crippen LogP contribution in [0.15, 0.2) is 60.7 Å². The lowest BCUT2D eigenvalue weighted by molar-refractivity contribution is -0.119. The predicted octanol–water partition coefficient (Wildman–Crippen LogP) is 3.78. The first-order valence-corrected chi connectivity index (χ1v) is 15.1. The van der Waals surface area contributed by atoms with Crippen LogP contribution in [-0.2, 0) is 14.3 Å². The van der Waals surface area contributed by atoms with Crippen molar-refractivity contribution in [2.75, 3.05) is 82.2 Å². The summed E-state index contributed by atoms with van der Waals surface area (Å²) >= 11 is 0. The van der Waals surface area contributed by atoms with E-state index < -0.39 is 5.97 Å². The minimum atomic E-state index is -0.454. The van der Waals surface area contributed by atoms with Crippen LogP contribution in [0.4, 0.5) is 17.1 Å². The van der Waals surface area contributed by atoms with Crippen LogP contribution in [0.3, 0.4) is 0 Å². The summed E-state index contributed by atoms with van der Waals surface area (Å²) in [4.78, 5) is 45.0. The van der Waals surface area contributed by atoms with E-state index in [1.54, 1.807) is 37.1 Å². The summed E-state index contributed by atoms with van der Waals surface area (Å²) < 4.78 is 16.7. The fourth-order valence-corrected chi connectivity index (χ4v) is 5.60. The minimum Gasteiger partial charge on any atom is -0.486 e. The molecule has 3 aliphatic rings. The van der Waals surface area contributed by atoms with Gasteiger partial charge in [-0.1, -0.05) is 6.07 Å². The Kier molecular flexibility index (Phi) is 8.72. The highest BCUT2D eigenvalue weighted by Gasteiger charge is 2.30. The molecule has 3 heterocycles. The van der Waals surface area contributed by atoms with Crippen molar-refractivity contribution in [1.82, 2.24) is 9.80 Å². The molecule has 0 aliphatic carbocycles. The second-order valence-electron chi connectivity index (χ2n) is 11.2. The average molecular weight is 612 g/mol. The summed E-state index contributed by atoms with van der Waals surface area (Å²) in [6.07, 6.45) is 0. The number of carbonyl (C=O) groups is 3. The van der Waals surface area contributed by atoms with E-state index in [1.807, 2.05) is 42.5 Å². The van der Waals surface area contributed by atoms with Gasteiger partial charge in [-0.05, 0) is 68.6 Å². The molecule has 1 fully saturated rings. The molecule has 0 atom stereocenters. The number of likely N-dealkylation sites (N-methyl/N-ethyl adjacent to an activating group) is 2. The number of nitrogens with zero attached hydrogens (tertiary/aromatic N) is 3. The molecule has 11 heteroatoms. The van der Waals surface area contributed by atoms with Crippen LogP contribution in [-0.4, -0.2) is 94.2 Å². The van der Waals surface area contributed by atoms with Gasteiger partial charge in [-0.15, -0.1) is 0 Å². The summed E-state index contributed by atoms with van der Waals surface area (Å²) in [5.74, 6) is 0.489. The molecule has 3 aliphatic heterocycles. The smallest absolute Gasteiger partial charge is 0.338 e. The van der Waals surface area contributed by atoms with Crippen molar-refractivity contribution in [3.05, 3.63) is 77.4 Å². The van der Waals surface area contributed by atoms with E-state index in [-0.39, 0.29) is 18.4 Å². The number of esters is 1. The van der Waals surface area contributed by atoms with Gasteiger partial charge in [0.2, 0.25) is 5.91 Å². The molecule has 11 nitrogen and oxygen atoms in total. The Labute approximate surface area is 262 Å². The Bertz CT molecular complexity index is 1650. The van der Waals surface area contributed by atoms with Crippen LogP contribution < -0.4 is 25.0 Å². The minimum absolute atomic E-state index is 0.0285. The standard InChI is InChI=1S/C34H37N5O6/c1-4-43-34(42)23-5-11-26-27(19-23)36-33(41)31(26)32(22-6-12-28-29(20-22)45-18-17-44-28)35-24-7-9-25(10-8-24)38(3)30(40)21-39-15-13-37(2)14-16-39/h5-12,19-20,35H,4,13-18,21H2,1-3H3,(H,36,41). The molecule has 0 unspecified atom stereocenters. The van der Waals surface area contributed by atoms with Gasteiger partial charge < -0.3 is 34.6 Å². The highest BCUT2D eigenvalue weighted by atomic mass is 16.6. The maximum Gasteiger partial charge on any atom is 0.338 e. The highest BCUT2D eigenvalue weighted by molar-refractivity contribution is 6.37. The van der Waals surface area contributed by atoms with Gasteiger partial charge in [0.25, 0.3) is 5.91 Å². The second-order valence-corrected chi connectivity index (χ2v) is 11.2. The van der Waals surface area contributed by atoms with Crippen LogP contribution >= 0.6 is 0 Å². The van der Waals surface area contributed by atoms with Crippen molar-refractivity contribution in [1.29, 1.82) is 0 Å². The molecule has 234 valence electrons. The number of ether oxygens (including phenoxy) is 3. The summed E-state index contributed by atoms with van der Waals surface area (Å²) in [6, 6.07) is 18.1. The van der Waals surface area contributed by atoms with Crippen molar-refractivity contribution >= 4 is 46.1 Å². The SMILES string of the molecule is CCOC(=O)c1ccc2c(c1)NC(=O)C2=C(Nc1ccc(N(C)C(=O)CN2CCN(C)CC2)cc1)c1ccc2c(c1)OCCO2. The normalized spacial score (nSPS) is 17.3. The van der Waals surface area contributed by atoms with E-state index >= 15 is 0 Å². The summed E-state index contributed by atoms with van der Waals surface area (Å²) in [7, 11) is 3.88. The van der Waals surface area contributed by atoms with Gasteiger partial charge in [-0.2, -0.15) is 0 Å². The Balaban J connectivity index is 1.30. The topological polar surface area (TPSA) is 113 Å². The molecule has 2 N–H and O–H groups in total. The van der Waals surface area contributed by atoms with Gasteiger partial charge in [-0.25, -0.2) is 4.79 Å². The number of carbonyl (C=O) groups excluding carboxylic acids is 3. The van der Waals surface area contributed by atoms with E-state index in [0.717, 1.165) is 43.1 Å². The quantitative estimate of drug-likeness (QED) is 0.290. The summed E-state index contributed by atoms with van der Waals surface area (Å²) in [5.41, 5.74) is 4.71. The lowest BCUT2D eigenvalue weighted by Crippen LogP contribution is -2.48. The molecular weight excluding hydrogens is 574 g/mol. The molecule has 0 spiro atoms. The predicted molar refractivity (Wildman–Crippen MR) is 173 cm³/mol. The third kappa shape index (κ3) is 6.50. The maximum absolute atomic E-state index is 13.5. The van der Waals surface area contributed by atoms with E-state index in [9.17, 15) is 14.4 Å². The zero-order chi connectivity index (χ0) is 31.5. The molecule has 0 aromatic heterocycles. The molecule has 6 rings (SSSR count). The fourth-order valence-electron chi connectivity index (χ4n) is 5.60. The van der Waals surface area contributed by atoms with E-state index in [4.69, 9.17) is 14.2 Å². The number of piperazine rings is 1. The van der Waals surface area contributed by atoms with Gasteiger partial charge >= 0.3 is 5.97 Å². The molecule has 45 heavy (non-hydrogen) atoms. The molecule has 0 saturated carbocycles. The zero-order valence-electron chi connectivity index (χ0n) is 25.7. The van der Waals surface area contributed by atoms with Crippen molar-refractivity contribution in [3.8, 4) is 11.5 Å². The van der Waals surface area contributed by atoms with Gasteiger partial charge in [0.05, 0.1) is 35.7 Å². The lowest BCUT2D eigenvalue weighted by Gasteiger charge is -2.32. The number of hydrogen-bond donors (Lipinski definition) is 2. The molecule has 3 aromatic rings. The van der Waals surface area contributed by atoms with E-state index in [0.29, 0.717) is 59.3 Å². The Morgan fingerprint density at radius 3 is 2.38 bits per heavy atom. The van der Waals surface area contributed by atoms with E-state index in [2.05, 4.69) is 27.5 Å². The first-order valence-electron chi connectivity index (χ1n) is 15.1. The van der Waals surface area contributed by atoms with E-state index in [1.165, 1.54) is 0 Å². The van der Waals surface area contributed by atoms with Crippen LogP contribution in [0.5, 0.6) is 11.5 Å². The Morgan fingerprint density at radius 2 is 1.64 bits per heavy atom. The monoisotopic (exact) mass is 611 g/mol. The van der Waals surface area contributed by atoms with Gasteiger partial charge in [0.1, 0.15) is 13.2 Å². The Morgan fingerprint density at radius 1 is 0.933 bits per heavy atom. The number of nitrogens with one attached hydrogen (secondary N) is 2. The van der Waals surface area contributed by atoms with Crippen LogP contribution in [0.2, 0.25) is 0 Å². The fraction of sp³-hybridized carbons (Fsp3) is 0.324. The third-order valence-electron chi connectivity index (χ3n) is 8.21. The van der Waals surface area contributed by atoms with Gasteiger partial charge in [0, 0.05) is 55.7 Å². The number of rotatable bonds is 8.